The zero-order valence-electron chi connectivity index (χ0n) is 14.0. The molecule has 0 bridgehead atoms. The highest BCUT2D eigenvalue weighted by Gasteiger charge is 2.18. The molecule has 0 radical (unpaired) electrons. The third-order valence-electron chi connectivity index (χ3n) is 4.11. The molecule has 3 rings (SSSR count). The topological polar surface area (TPSA) is 77.6 Å². The lowest BCUT2D eigenvalue weighted by molar-refractivity contribution is -0.124. The Kier molecular flexibility index (Phi) is 4.41. The molecule has 0 aliphatic carbocycles. The van der Waals surface area contributed by atoms with Gasteiger partial charge in [-0.05, 0) is 31.2 Å². The maximum atomic E-state index is 12.3. The number of hydrogen-bond acceptors (Lipinski definition) is 4. The van der Waals surface area contributed by atoms with Gasteiger partial charge in [-0.1, -0.05) is 30.3 Å². The van der Waals surface area contributed by atoms with E-state index >= 15 is 0 Å². The smallest absolute Gasteiger partial charge is 0.246 e. The minimum Gasteiger partial charge on any atom is -0.350 e. The van der Waals surface area contributed by atoms with Crippen molar-refractivity contribution in [2.45, 2.75) is 26.4 Å². The number of carbonyl (C=O) groups excluding carboxylic acids is 1. The molecule has 0 saturated heterocycles. The number of tetrazole rings is 1. The standard InChI is InChI=1S/C17H20N6O/c1-12-9-10-15(22(12)3)11-18-17(24)13(2)23-20-16(19-21-23)14-7-5-4-6-8-14/h4-10,13H,11H2,1-3H3,(H,18,24). The molecule has 0 spiro atoms. The van der Waals surface area contributed by atoms with Gasteiger partial charge in [-0.3, -0.25) is 4.79 Å². The average Bonchev–Trinajstić information content (AvgIpc) is 3.21. The highest BCUT2D eigenvalue weighted by Crippen LogP contribution is 2.13. The van der Waals surface area contributed by atoms with Gasteiger partial charge >= 0.3 is 0 Å². The van der Waals surface area contributed by atoms with Crippen LogP contribution in [0, 0.1) is 6.92 Å². The van der Waals surface area contributed by atoms with E-state index in [4.69, 9.17) is 0 Å². The van der Waals surface area contributed by atoms with Crippen LogP contribution in [0.1, 0.15) is 24.4 Å². The van der Waals surface area contributed by atoms with Crippen LogP contribution in [0.3, 0.4) is 0 Å². The molecule has 0 aliphatic rings. The summed E-state index contributed by atoms with van der Waals surface area (Å²) < 4.78 is 2.05. The van der Waals surface area contributed by atoms with Gasteiger partial charge in [0.05, 0.1) is 6.54 Å². The van der Waals surface area contributed by atoms with E-state index in [-0.39, 0.29) is 5.91 Å². The summed E-state index contributed by atoms with van der Waals surface area (Å²) in [5.74, 6) is 0.360. The molecule has 0 saturated carbocycles. The number of benzene rings is 1. The molecule has 1 aromatic carbocycles. The van der Waals surface area contributed by atoms with Crippen molar-refractivity contribution < 1.29 is 4.79 Å². The zero-order valence-corrected chi connectivity index (χ0v) is 14.0. The molecule has 0 aliphatic heterocycles. The number of nitrogens with zero attached hydrogens (tertiary/aromatic N) is 5. The predicted molar refractivity (Wildman–Crippen MR) is 90.0 cm³/mol. The zero-order chi connectivity index (χ0) is 17.1. The van der Waals surface area contributed by atoms with E-state index in [1.165, 1.54) is 4.80 Å². The molecule has 1 unspecified atom stereocenters. The maximum absolute atomic E-state index is 12.3. The van der Waals surface area contributed by atoms with Crippen molar-refractivity contribution in [3.8, 4) is 11.4 Å². The van der Waals surface area contributed by atoms with Gasteiger partial charge in [0.1, 0.15) is 6.04 Å². The van der Waals surface area contributed by atoms with E-state index in [1.54, 1.807) is 6.92 Å². The van der Waals surface area contributed by atoms with Crippen LogP contribution in [0.4, 0.5) is 0 Å². The molecule has 2 heterocycles. The Bertz CT molecular complexity index is 836. The second kappa shape index (κ2) is 6.66. The van der Waals surface area contributed by atoms with E-state index in [1.807, 2.05) is 61.0 Å². The SMILES string of the molecule is Cc1ccc(CNC(=O)C(C)n2nnc(-c3ccccc3)n2)n1C. The summed E-state index contributed by atoms with van der Waals surface area (Å²) in [5, 5.41) is 15.2. The normalized spacial score (nSPS) is 12.1. The number of nitrogens with one attached hydrogen (secondary N) is 1. The molecule has 3 aromatic rings. The lowest BCUT2D eigenvalue weighted by atomic mass is 10.2. The Morgan fingerprint density at radius 1 is 1.21 bits per heavy atom. The summed E-state index contributed by atoms with van der Waals surface area (Å²) in [6, 6.07) is 13.1. The quantitative estimate of drug-likeness (QED) is 0.777. The van der Waals surface area contributed by atoms with Crippen molar-refractivity contribution in [3.05, 3.63) is 53.9 Å². The minimum atomic E-state index is -0.531. The number of rotatable bonds is 5. The third-order valence-corrected chi connectivity index (χ3v) is 4.11. The Morgan fingerprint density at radius 2 is 1.96 bits per heavy atom. The summed E-state index contributed by atoms with van der Waals surface area (Å²) in [4.78, 5) is 13.7. The predicted octanol–water partition coefficient (Wildman–Crippen LogP) is 1.86. The van der Waals surface area contributed by atoms with E-state index in [2.05, 4.69) is 20.7 Å². The van der Waals surface area contributed by atoms with Gasteiger partial charge in [0.25, 0.3) is 0 Å². The largest absolute Gasteiger partial charge is 0.350 e. The highest BCUT2D eigenvalue weighted by atomic mass is 16.2. The van der Waals surface area contributed by atoms with Gasteiger partial charge in [-0.2, -0.15) is 4.80 Å². The van der Waals surface area contributed by atoms with Gasteiger partial charge in [0, 0.05) is 24.0 Å². The molecular formula is C17H20N6O. The van der Waals surface area contributed by atoms with Gasteiger partial charge in [-0.15, -0.1) is 10.2 Å². The summed E-state index contributed by atoms with van der Waals surface area (Å²) >= 11 is 0. The fraction of sp³-hybridized carbons (Fsp3) is 0.294. The van der Waals surface area contributed by atoms with Crippen LogP contribution < -0.4 is 5.32 Å². The van der Waals surface area contributed by atoms with Crippen molar-refractivity contribution in [2.24, 2.45) is 7.05 Å². The molecule has 7 heteroatoms. The molecule has 2 aromatic heterocycles. The molecule has 1 N–H and O–H groups in total. The number of carbonyl (C=O) groups is 1. The Hall–Kier alpha value is -2.96. The molecular weight excluding hydrogens is 304 g/mol. The van der Waals surface area contributed by atoms with Crippen LogP contribution in [-0.4, -0.2) is 30.7 Å². The Labute approximate surface area is 140 Å². The van der Waals surface area contributed by atoms with Crippen LogP contribution in [0.25, 0.3) is 11.4 Å². The van der Waals surface area contributed by atoms with Crippen LogP contribution in [0.2, 0.25) is 0 Å². The van der Waals surface area contributed by atoms with Crippen molar-refractivity contribution >= 4 is 5.91 Å². The van der Waals surface area contributed by atoms with E-state index in [0.29, 0.717) is 12.4 Å². The fourth-order valence-electron chi connectivity index (χ4n) is 2.37. The number of amides is 1. The second-order valence-corrected chi connectivity index (χ2v) is 5.72. The van der Waals surface area contributed by atoms with Gasteiger partial charge < -0.3 is 9.88 Å². The van der Waals surface area contributed by atoms with Crippen molar-refractivity contribution in [1.29, 1.82) is 0 Å². The molecule has 1 amide bonds. The Morgan fingerprint density at radius 3 is 2.62 bits per heavy atom. The van der Waals surface area contributed by atoms with Crippen molar-refractivity contribution in [2.75, 3.05) is 0 Å². The van der Waals surface area contributed by atoms with Crippen LogP contribution in [0.5, 0.6) is 0 Å². The first-order valence-corrected chi connectivity index (χ1v) is 7.80. The molecule has 7 nitrogen and oxygen atoms in total. The van der Waals surface area contributed by atoms with Crippen molar-refractivity contribution in [3.63, 3.8) is 0 Å². The number of hydrogen-bond donors (Lipinski definition) is 1. The maximum Gasteiger partial charge on any atom is 0.246 e. The first-order valence-electron chi connectivity index (χ1n) is 7.80. The third kappa shape index (κ3) is 3.19. The summed E-state index contributed by atoms with van der Waals surface area (Å²) in [7, 11) is 1.98. The minimum absolute atomic E-state index is 0.147. The lowest BCUT2D eigenvalue weighted by Crippen LogP contribution is -2.32. The first kappa shape index (κ1) is 15.9. The summed E-state index contributed by atoms with van der Waals surface area (Å²) in [5.41, 5.74) is 3.07. The first-order chi connectivity index (χ1) is 11.6. The average molecular weight is 324 g/mol. The van der Waals surface area contributed by atoms with E-state index in [0.717, 1.165) is 17.0 Å². The summed E-state index contributed by atoms with van der Waals surface area (Å²) in [6.07, 6.45) is 0. The molecule has 0 fully saturated rings. The van der Waals surface area contributed by atoms with Crippen LogP contribution in [-0.2, 0) is 18.4 Å². The monoisotopic (exact) mass is 324 g/mol. The highest BCUT2D eigenvalue weighted by molar-refractivity contribution is 5.79. The molecule has 124 valence electrons. The summed E-state index contributed by atoms with van der Waals surface area (Å²) in [6.45, 7) is 4.24. The number of aryl methyl sites for hydroxylation is 1. The van der Waals surface area contributed by atoms with E-state index in [9.17, 15) is 4.79 Å². The molecule has 1 atom stereocenters. The van der Waals surface area contributed by atoms with Crippen molar-refractivity contribution in [1.82, 2.24) is 30.1 Å². The van der Waals surface area contributed by atoms with E-state index < -0.39 is 6.04 Å². The Balaban J connectivity index is 1.66. The lowest BCUT2D eigenvalue weighted by Gasteiger charge is -2.11. The molecule has 24 heavy (non-hydrogen) atoms. The van der Waals surface area contributed by atoms with Crippen LogP contribution >= 0.6 is 0 Å². The van der Waals surface area contributed by atoms with Crippen LogP contribution in [0.15, 0.2) is 42.5 Å². The second-order valence-electron chi connectivity index (χ2n) is 5.72. The number of aromatic nitrogens is 5. The van der Waals surface area contributed by atoms with Gasteiger partial charge in [-0.25, -0.2) is 0 Å². The van der Waals surface area contributed by atoms with Gasteiger partial charge in [0.2, 0.25) is 11.7 Å². The fourth-order valence-corrected chi connectivity index (χ4v) is 2.37. The van der Waals surface area contributed by atoms with Gasteiger partial charge in [0.15, 0.2) is 0 Å².